The molecule has 0 aliphatic heterocycles. The second-order valence-electron chi connectivity index (χ2n) is 4.21. The third-order valence-electron chi connectivity index (χ3n) is 3.07. The maximum absolute atomic E-state index is 13.0. The van der Waals surface area contributed by atoms with Crippen molar-refractivity contribution in [2.24, 2.45) is 0 Å². The first-order valence-corrected chi connectivity index (χ1v) is 5.28. The first-order chi connectivity index (χ1) is 7.58. The molecule has 0 bridgehead atoms. The molecule has 1 N–H and O–H groups in total. The van der Waals surface area contributed by atoms with Gasteiger partial charge in [-0.25, -0.2) is 4.39 Å². The lowest BCUT2D eigenvalue weighted by molar-refractivity contribution is -0.138. The van der Waals surface area contributed by atoms with Crippen LogP contribution < -0.4 is 0 Å². The molecule has 86 valence electrons. The first kappa shape index (κ1) is 11.1. The smallest absolute Gasteiger partial charge is 0.317 e. The maximum Gasteiger partial charge on any atom is 0.317 e. The standard InChI is InChI=1S/C12H14FNO2/c1-14(7-12(15)16)11-5-2-8-6-9(13)3-4-10(8)11/h3-4,6,11H,2,5,7H2,1H3,(H,15,16). The van der Waals surface area contributed by atoms with Gasteiger partial charge in [-0.15, -0.1) is 0 Å². The fourth-order valence-electron chi connectivity index (χ4n) is 2.34. The van der Waals surface area contributed by atoms with E-state index in [1.165, 1.54) is 6.07 Å². The summed E-state index contributed by atoms with van der Waals surface area (Å²) in [4.78, 5) is 12.4. The van der Waals surface area contributed by atoms with Crippen LogP contribution in [0, 0.1) is 5.82 Å². The number of fused-ring (bicyclic) bond motifs is 1. The predicted octanol–water partition coefficient (Wildman–Crippen LogP) is 1.83. The monoisotopic (exact) mass is 223 g/mol. The highest BCUT2D eigenvalue weighted by molar-refractivity contribution is 5.69. The minimum Gasteiger partial charge on any atom is -0.480 e. The van der Waals surface area contributed by atoms with E-state index in [-0.39, 0.29) is 18.4 Å². The molecular weight excluding hydrogens is 209 g/mol. The second-order valence-corrected chi connectivity index (χ2v) is 4.21. The average molecular weight is 223 g/mol. The summed E-state index contributed by atoms with van der Waals surface area (Å²) in [6, 6.07) is 4.85. The molecule has 0 amide bonds. The summed E-state index contributed by atoms with van der Waals surface area (Å²) in [6.07, 6.45) is 1.68. The second kappa shape index (κ2) is 4.22. The van der Waals surface area contributed by atoms with E-state index in [1.54, 1.807) is 24.1 Å². The Hall–Kier alpha value is -1.42. The van der Waals surface area contributed by atoms with E-state index in [2.05, 4.69) is 0 Å². The van der Waals surface area contributed by atoms with Gasteiger partial charge in [0.25, 0.3) is 0 Å². The number of aryl methyl sites for hydroxylation is 1. The molecule has 2 rings (SSSR count). The highest BCUT2D eigenvalue weighted by Gasteiger charge is 2.26. The number of nitrogens with zero attached hydrogens (tertiary/aromatic N) is 1. The molecule has 1 atom stereocenters. The lowest BCUT2D eigenvalue weighted by atomic mass is 10.1. The zero-order valence-electron chi connectivity index (χ0n) is 9.11. The molecule has 0 spiro atoms. The van der Waals surface area contributed by atoms with Crippen LogP contribution in [0.5, 0.6) is 0 Å². The number of carboxylic acid groups (broad SMARTS) is 1. The summed E-state index contributed by atoms with van der Waals surface area (Å²) in [5.74, 6) is -1.06. The molecule has 0 heterocycles. The molecular formula is C12H14FNO2. The number of likely N-dealkylation sites (N-methyl/N-ethyl adjacent to an activating group) is 1. The number of rotatable bonds is 3. The zero-order chi connectivity index (χ0) is 11.7. The van der Waals surface area contributed by atoms with Crippen LogP contribution >= 0.6 is 0 Å². The zero-order valence-corrected chi connectivity index (χ0v) is 9.11. The Morgan fingerprint density at radius 3 is 3.06 bits per heavy atom. The Balaban J connectivity index is 2.20. The number of carboxylic acids is 1. The molecule has 1 aliphatic rings. The van der Waals surface area contributed by atoms with Crippen molar-refractivity contribution in [1.82, 2.24) is 4.90 Å². The van der Waals surface area contributed by atoms with Crippen molar-refractivity contribution in [3.8, 4) is 0 Å². The third-order valence-corrected chi connectivity index (χ3v) is 3.07. The summed E-state index contributed by atoms with van der Waals surface area (Å²) >= 11 is 0. The van der Waals surface area contributed by atoms with Gasteiger partial charge in [-0.1, -0.05) is 6.07 Å². The molecule has 0 fully saturated rings. The van der Waals surface area contributed by atoms with Crippen LogP contribution in [0.3, 0.4) is 0 Å². The number of benzene rings is 1. The summed E-state index contributed by atoms with van der Waals surface area (Å²) in [5, 5.41) is 8.73. The largest absolute Gasteiger partial charge is 0.480 e. The lowest BCUT2D eigenvalue weighted by Gasteiger charge is -2.23. The molecule has 3 nitrogen and oxygen atoms in total. The topological polar surface area (TPSA) is 40.5 Å². The molecule has 0 saturated carbocycles. The van der Waals surface area contributed by atoms with Crippen LogP contribution in [0.4, 0.5) is 4.39 Å². The van der Waals surface area contributed by atoms with Gasteiger partial charge >= 0.3 is 5.97 Å². The van der Waals surface area contributed by atoms with Gasteiger partial charge in [-0.05, 0) is 43.1 Å². The van der Waals surface area contributed by atoms with Gasteiger partial charge in [-0.2, -0.15) is 0 Å². The minimum atomic E-state index is -0.835. The number of aliphatic carboxylic acids is 1. The van der Waals surface area contributed by atoms with Gasteiger partial charge in [0.1, 0.15) is 5.82 Å². The molecule has 16 heavy (non-hydrogen) atoms. The van der Waals surface area contributed by atoms with Crippen molar-refractivity contribution >= 4 is 5.97 Å². The van der Waals surface area contributed by atoms with E-state index in [4.69, 9.17) is 5.11 Å². The van der Waals surface area contributed by atoms with Crippen molar-refractivity contribution in [1.29, 1.82) is 0 Å². The van der Waals surface area contributed by atoms with E-state index < -0.39 is 5.97 Å². The van der Waals surface area contributed by atoms with Crippen LogP contribution in [0.1, 0.15) is 23.6 Å². The normalized spacial score (nSPS) is 18.8. The highest BCUT2D eigenvalue weighted by Crippen LogP contribution is 2.35. The van der Waals surface area contributed by atoms with Gasteiger partial charge in [-0.3, -0.25) is 9.69 Å². The fourth-order valence-corrected chi connectivity index (χ4v) is 2.34. The highest BCUT2D eigenvalue weighted by atomic mass is 19.1. The summed E-state index contributed by atoms with van der Waals surface area (Å²) in [7, 11) is 1.79. The molecule has 1 aromatic rings. The van der Waals surface area contributed by atoms with Gasteiger partial charge in [0.2, 0.25) is 0 Å². The van der Waals surface area contributed by atoms with Crippen molar-refractivity contribution in [2.75, 3.05) is 13.6 Å². The number of carbonyl (C=O) groups is 1. The van der Waals surface area contributed by atoms with E-state index in [1.807, 2.05) is 0 Å². The van der Waals surface area contributed by atoms with Crippen molar-refractivity contribution in [3.05, 3.63) is 35.1 Å². The average Bonchev–Trinajstić information content (AvgIpc) is 2.59. The SMILES string of the molecule is CN(CC(=O)O)C1CCc2cc(F)ccc21. The Kier molecular flexibility index (Phi) is 2.92. The van der Waals surface area contributed by atoms with Crippen LogP contribution in [-0.2, 0) is 11.2 Å². The molecule has 4 heteroatoms. The van der Waals surface area contributed by atoms with Gasteiger partial charge in [0, 0.05) is 6.04 Å². The Bertz CT molecular complexity index is 419. The Morgan fingerprint density at radius 1 is 1.62 bits per heavy atom. The van der Waals surface area contributed by atoms with Crippen molar-refractivity contribution in [2.45, 2.75) is 18.9 Å². The van der Waals surface area contributed by atoms with E-state index >= 15 is 0 Å². The summed E-state index contributed by atoms with van der Waals surface area (Å²) in [6.45, 7) is 0.0154. The molecule has 0 aromatic heterocycles. The molecule has 1 aromatic carbocycles. The molecule has 0 saturated heterocycles. The van der Waals surface area contributed by atoms with Crippen molar-refractivity contribution in [3.63, 3.8) is 0 Å². The molecule has 0 radical (unpaired) electrons. The quantitative estimate of drug-likeness (QED) is 0.849. The summed E-state index contributed by atoms with van der Waals surface area (Å²) in [5.41, 5.74) is 2.06. The van der Waals surface area contributed by atoms with Crippen LogP contribution in [-0.4, -0.2) is 29.6 Å². The van der Waals surface area contributed by atoms with E-state index in [0.717, 1.165) is 24.0 Å². The number of hydrogen-bond donors (Lipinski definition) is 1. The van der Waals surface area contributed by atoms with Gasteiger partial charge in [0.15, 0.2) is 0 Å². The van der Waals surface area contributed by atoms with Crippen LogP contribution in [0.2, 0.25) is 0 Å². The predicted molar refractivity (Wildman–Crippen MR) is 57.7 cm³/mol. The Labute approximate surface area is 93.5 Å². The van der Waals surface area contributed by atoms with Crippen LogP contribution in [0.25, 0.3) is 0 Å². The molecule has 1 aliphatic carbocycles. The lowest BCUT2D eigenvalue weighted by Crippen LogP contribution is -2.28. The number of halogens is 1. The van der Waals surface area contributed by atoms with E-state index in [9.17, 15) is 9.18 Å². The van der Waals surface area contributed by atoms with Crippen molar-refractivity contribution < 1.29 is 14.3 Å². The summed E-state index contributed by atoms with van der Waals surface area (Å²) < 4.78 is 13.0. The van der Waals surface area contributed by atoms with Gasteiger partial charge < -0.3 is 5.11 Å². The third kappa shape index (κ3) is 2.07. The fraction of sp³-hybridized carbons (Fsp3) is 0.417. The maximum atomic E-state index is 13.0. The first-order valence-electron chi connectivity index (χ1n) is 5.28. The van der Waals surface area contributed by atoms with E-state index in [0.29, 0.717) is 0 Å². The number of hydrogen-bond acceptors (Lipinski definition) is 2. The van der Waals surface area contributed by atoms with Crippen LogP contribution in [0.15, 0.2) is 18.2 Å². The van der Waals surface area contributed by atoms with Gasteiger partial charge in [0.05, 0.1) is 6.54 Å². The minimum absolute atomic E-state index is 0.0154. The molecule has 1 unspecified atom stereocenters. The Morgan fingerprint density at radius 2 is 2.38 bits per heavy atom.